The first-order chi connectivity index (χ1) is 22.0. The van der Waals surface area contributed by atoms with Crippen molar-refractivity contribution in [1.82, 2.24) is 24.9 Å². The standard InChI is InChI=1S/C34H44ClN7O4/c1-34(2,3)46-33(44)41-14-12-39(13-15-41)20-23-8-10-40(11-9-23)31-7-6-30(37-38-31)32(43)42-21-25-16-28(17-26(25)22-42)45-27-5-4-24(19-36)29(35)18-27/h4-7,18,23,25-26,28H,8-17,20-22H2,1-3H3/t25-,26+,28-. The molecule has 0 unspecified atom stereocenters. The van der Waals surface area contributed by atoms with Crippen LogP contribution in [0.2, 0.25) is 5.02 Å². The molecule has 1 aromatic carbocycles. The van der Waals surface area contributed by atoms with Crippen molar-refractivity contribution in [2.45, 2.75) is 58.2 Å². The second-order valence-electron chi connectivity index (χ2n) is 14.2. The van der Waals surface area contributed by atoms with Crippen LogP contribution in [0.25, 0.3) is 0 Å². The number of carbonyl (C=O) groups excluding carboxylic acids is 2. The average Bonchev–Trinajstić information content (AvgIpc) is 3.60. The molecule has 0 radical (unpaired) electrons. The number of fused-ring (bicyclic) bond motifs is 1. The van der Waals surface area contributed by atoms with Crippen LogP contribution in [0.3, 0.4) is 0 Å². The summed E-state index contributed by atoms with van der Waals surface area (Å²) in [6.07, 6.45) is 3.78. The molecule has 3 saturated heterocycles. The number of aromatic nitrogens is 2. The van der Waals surface area contributed by atoms with Crippen LogP contribution in [-0.2, 0) is 4.74 Å². The number of anilines is 1. The summed E-state index contributed by atoms with van der Waals surface area (Å²) in [7, 11) is 0. The summed E-state index contributed by atoms with van der Waals surface area (Å²) in [5.74, 6) is 2.84. The number of nitriles is 1. The van der Waals surface area contributed by atoms with Gasteiger partial charge in [-0.1, -0.05) is 11.6 Å². The smallest absolute Gasteiger partial charge is 0.410 e. The summed E-state index contributed by atoms with van der Waals surface area (Å²) in [5, 5.41) is 18.3. The van der Waals surface area contributed by atoms with Crippen molar-refractivity contribution in [3.05, 3.63) is 46.6 Å². The van der Waals surface area contributed by atoms with Crippen LogP contribution in [0.1, 0.15) is 62.5 Å². The van der Waals surface area contributed by atoms with E-state index in [1.165, 1.54) is 0 Å². The van der Waals surface area contributed by atoms with Crippen LogP contribution < -0.4 is 9.64 Å². The lowest BCUT2D eigenvalue weighted by Crippen LogP contribution is -2.51. The maximum absolute atomic E-state index is 13.3. The van der Waals surface area contributed by atoms with Crippen molar-refractivity contribution >= 4 is 29.4 Å². The Hall–Kier alpha value is -3.62. The first-order valence-corrected chi connectivity index (χ1v) is 16.9. The highest BCUT2D eigenvalue weighted by Gasteiger charge is 2.43. The third kappa shape index (κ3) is 7.67. The number of rotatable bonds is 6. The van der Waals surface area contributed by atoms with Gasteiger partial charge < -0.3 is 24.2 Å². The minimum absolute atomic E-state index is 0.0599. The lowest BCUT2D eigenvalue weighted by atomic mass is 9.96. The molecule has 3 aliphatic heterocycles. The maximum atomic E-state index is 13.3. The Morgan fingerprint density at radius 2 is 1.65 bits per heavy atom. The van der Waals surface area contributed by atoms with Gasteiger partial charge in [-0.25, -0.2) is 4.79 Å². The summed E-state index contributed by atoms with van der Waals surface area (Å²) in [6.45, 7) is 13.1. The Morgan fingerprint density at radius 1 is 0.957 bits per heavy atom. The third-order valence-corrected chi connectivity index (χ3v) is 10.0. The van der Waals surface area contributed by atoms with E-state index in [1.807, 2.05) is 42.7 Å². The van der Waals surface area contributed by atoms with Crippen molar-refractivity contribution in [3.8, 4) is 11.8 Å². The summed E-state index contributed by atoms with van der Waals surface area (Å²) >= 11 is 6.17. The van der Waals surface area contributed by atoms with Crippen LogP contribution in [0.15, 0.2) is 30.3 Å². The fourth-order valence-corrected chi connectivity index (χ4v) is 7.49. The van der Waals surface area contributed by atoms with Gasteiger partial charge in [-0.05, 0) is 88.5 Å². The van der Waals surface area contributed by atoms with Crippen molar-refractivity contribution in [1.29, 1.82) is 5.26 Å². The maximum Gasteiger partial charge on any atom is 0.410 e. The molecule has 2 amide bonds. The number of nitrogens with zero attached hydrogens (tertiary/aromatic N) is 7. The van der Waals surface area contributed by atoms with Crippen molar-refractivity contribution in [3.63, 3.8) is 0 Å². The zero-order valence-electron chi connectivity index (χ0n) is 27.0. The van der Waals surface area contributed by atoms with Crippen LogP contribution in [0.4, 0.5) is 10.6 Å². The molecular weight excluding hydrogens is 606 g/mol. The van der Waals surface area contributed by atoms with Gasteiger partial charge in [0.15, 0.2) is 11.5 Å². The Morgan fingerprint density at radius 3 is 2.24 bits per heavy atom. The minimum atomic E-state index is -0.469. The van der Waals surface area contributed by atoms with E-state index in [2.05, 4.69) is 26.1 Å². The van der Waals surface area contributed by atoms with E-state index >= 15 is 0 Å². The van der Waals surface area contributed by atoms with Gasteiger partial charge in [-0.3, -0.25) is 9.69 Å². The number of ether oxygens (including phenoxy) is 2. The molecule has 4 aliphatic rings. The SMILES string of the molecule is CC(C)(C)OC(=O)N1CCN(CC2CCN(c3ccc(C(=O)N4C[C@H]5C[C@@H](Oc6ccc(C#N)c(Cl)c6)C[C@H]5C4)nn3)CC2)CC1. The Labute approximate surface area is 276 Å². The highest BCUT2D eigenvalue weighted by atomic mass is 35.5. The molecule has 0 N–H and O–H groups in total. The number of hydrogen-bond acceptors (Lipinski definition) is 9. The topological polar surface area (TPSA) is 115 Å². The number of benzene rings is 1. The van der Waals surface area contributed by atoms with Gasteiger partial charge >= 0.3 is 6.09 Å². The van der Waals surface area contributed by atoms with Crippen LogP contribution in [0, 0.1) is 29.1 Å². The molecule has 4 fully saturated rings. The largest absolute Gasteiger partial charge is 0.490 e. The number of likely N-dealkylation sites (tertiary alicyclic amines) is 1. The molecule has 1 aliphatic carbocycles. The number of halogens is 1. The second kappa shape index (κ2) is 13.6. The summed E-state index contributed by atoms with van der Waals surface area (Å²) in [4.78, 5) is 34.1. The van der Waals surface area contributed by atoms with Crippen LogP contribution >= 0.6 is 11.6 Å². The zero-order chi connectivity index (χ0) is 32.4. The fraction of sp³-hybridized carbons (Fsp3) is 0.618. The first kappa shape index (κ1) is 32.3. The van der Waals surface area contributed by atoms with Gasteiger partial charge in [0.2, 0.25) is 0 Å². The molecule has 46 heavy (non-hydrogen) atoms. The quantitative estimate of drug-likeness (QED) is 0.439. The van der Waals surface area contributed by atoms with Gasteiger partial charge in [0.05, 0.1) is 16.7 Å². The molecule has 2 aromatic rings. The highest BCUT2D eigenvalue weighted by Crippen LogP contribution is 2.40. The molecule has 12 heteroatoms. The van der Waals surface area contributed by atoms with Crippen LogP contribution in [-0.4, -0.2) is 108 Å². The van der Waals surface area contributed by atoms with Gasteiger partial charge in [0.25, 0.3) is 5.91 Å². The monoisotopic (exact) mass is 649 g/mol. The van der Waals surface area contributed by atoms with E-state index in [1.54, 1.807) is 18.2 Å². The van der Waals surface area contributed by atoms with Gasteiger partial charge in [0, 0.05) is 65.0 Å². The molecule has 1 saturated carbocycles. The van der Waals surface area contributed by atoms with Gasteiger partial charge in [0.1, 0.15) is 17.4 Å². The first-order valence-electron chi connectivity index (χ1n) is 16.5. The highest BCUT2D eigenvalue weighted by molar-refractivity contribution is 6.31. The van der Waals surface area contributed by atoms with Crippen molar-refractivity contribution < 1.29 is 19.1 Å². The second-order valence-corrected chi connectivity index (χ2v) is 14.6. The fourth-order valence-electron chi connectivity index (χ4n) is 7.28. The number of hydrogen-bond donors (Lipinski definition) is 0. The average molecular weight is 650 g/mol. The summed E-state index contributed by atoms with van der Waals surface area (Å²) in [5.41, 5.74) is 0.361. The predicted octanol–water partition coefficient (Wildman–Crippen LogP) is 4.70. The Balaban J connectivity index is 0.918. The lowest BCUT2D eigenvalue weighted by molar-refractivity contribution is 0.0130. The zero-order valence-corrected chi connectivity index (χ0v) is 27.8. The summed E-state index contributed by atoms with van der Waals surface area (Å²) < 4.78 is 11.7. The van der Waals surface area contributed by atoms with Crippen molar-refractivity contribution in [2.24, 2.45) is 17.8 Å². The third-order valence-electron chi connectivity index (χ3n) is 9.71. The number of piperidine rings is 1. The van der Waals surface area contributed by atoms with Crippen molar-refractivity contribution in [2.75, 3.05) is 63.8 Å². The van der Waals surface area contributed by atoms with Gasteiger partial charge in [-0.15, -0.1) is 10.2 Å². The molecule has 11 nitrogen and oxygen atoms in total. The molecule has 0 bridgehead atoms. The van der Waals surface area contributed by atoms with Gasteiger partial charge in [-0.2, -0.15) is 5.26 Å². The molecule has 3 atom stereocenters. The molecule has 4 heterocycles. The van der Waals surface area contributed by atoms with E-state index < -0.39 is 5.60 Å². The predicted molar refractivity (Wildman–Crippen MR) is 174 cm³/mol. The van der Waals surface area contributed by atoms with E-state index in [4.69, 9.17) is 26.3 Å². The Kier molecular flexibility index (Phi) is 9.57. The molecule has 246 valence electrons. The molecule has 1 aromatic heterocycles. The number of carbonyl (C=O) groups is 2. The number of piperazine rings is 1. The minimum Gasteiger partial charge on any atom is -0.490 e. The molecule has 6 rings (SSSR count). The van der Waals surface area contributed by atoms with Crippen LogP contribution in [0.5, 0.6) is 5.75 Å². The van der Waals surface area contributed by atoms with E-state index in [0.29, 0.717) is 66.0 Å². The van der Waals surface area contributed by atoms with E-state index in [9.17, 15) is 9.59 Å². The molecular formula is C34H44ClN7O4. The van der Waals surface area contributed by atoms with E-state index in [0.717, 1.165) is 64.2 Å². The number of amides is 2. The molecule has 0 spiro atoms. The lowest BCUT2D eigenvalue weighted by Gasteiger charge is -2.39. The van der Waals surface area contributed by atoms with E-state index in [-0.39, 0.29) is 18.1 Å². The Bertz CT molecular complexity index is 1430. The summed E-state index contributed by atoms with van der Waals surface area (Å²) in [6, 6.07) is 11.0. The normalized spacial score (nSPS) is 24.1.